The van der Waals surface area contributed by atoms with Crippen LogP contribution in [0.4, 0.5) is 23.2 Å². The molecule has 0 spiro atoms. The van der Waals surface area contributed by atoms with E-state index in [4.69, 9.17) is 5.73 Å². The van der Waals surface area contributed by atoms with Gasteiger partial charge in [0, 0.05) is 18.0 Å². The Kier molecular flexibility index (Phi) is 5.35. The Labute approximate surface area is 114 Å². The molecule has 0 radical (unpaired) electrons. The van der Waals surface area contributed by atoms with Gasteiger partial charge in [0.05, 0.1) is 5.69 Å². The fraction of sp³-hybridized carbons (Fsp3) is 0.462. The molecule has 0 aliphatic heterocycles. The predicted molar refractivity (Wildman–Crippen MR) is 67.9 cm³/mol. The number of amides is 1. The number of anilines is 1. The maximum absolute atomic E-state index is 13.5. The number of carbonyl (C=O) groups excluding carboxylic acids is 1. The number of halogens is 4. The third-order valence-corrected chi connectivity index (χ3v) is 2.75. The smallest absolute Gasteiger partial charge is 0.380 e. The van der Waals surface area contributed by atoms with Gasteiger partial charge >= 0.3 is 6.18 Å². The first kappa shape index (κ1) is 16.3. The number of nitrogens with one attached hydrogen (secondary N) is 1. The minimum atomic E-state index is -4.18. The molecule has 1 rings (SSSR count). The van der Waals surface area contributed by atoms with Crippen molar-refractivity contribution in [2.75, 3.05) is 5.32 Å². The molecule has 0 aliphatic rings. The van der Waals surface area contributed by atoms with Crippen molar-refractivity contribution in [2.24, 2.45) is 5.73 Å². The van der Waals surface area contributed by atoms with E-state index in [2.05, 4.69) is 5.32 Å². The van der Waals surface area contributed by atoms with E-state index in [0.717, 1.165) is 6.07 Å². The lowest BCUT2D eigenvalue weighted by Crippen LogP contribution is -2.18. The van der Waals surface area contributed by atoms with Crippen LogP contribution in [-0.2, 0) is 0 Å². The summed E-state index contributed by atoms with van der Waals surface area (Å²) in [7, 11) is 0. The summed E-state index contributed by atoms with van der Waals surface area (Å²) in [5, 5.41) is 2.74. The summed E-state index contributed by atoms with van der Waals surface area (Å²) in [5.74, 6) is -1.28. The Morgan fingerprint density at radius 2 is 2.05 bits per heavy atom. The lowest BCUT2D eigenvalue weighted by Gasteiger charge is -2.16. The Morgan fingerprint density at radius 1 is 1.40 bits per heavy atom. The second-order valence-corrected chi connectivity index (χ2v) is 4.61. The number of nitrogens with two attached hydrogens (primary N) is 1. The predicted octanol–water partition coefficient (Wildman–Crippen LogP) is 3.46. The van der Waals surface area contributed by atoms with Gasteiger partial charge in [0.15, 0.2) is 0 Å². The van der Waals surface area contributed by atoms with Crippen molar-refractivity contribution < 1.29 is 22.4 Å². The Balaban J connectivity index is 2.59. The van der Waals surface area contributed by atoms with E-state index >= 15 is 0 Å². The molecule has 0 saturated carbocycles. The third-order valence-electron chi connectivity index (χ3n) is 2.75. The van der Waals surface area contributed by atoms with Crippen LogP contribution in [0.25, 0.3) is 0 Å². The summed E-state index contributed by atoms with van der Waals surface area (Å²) in [6, 6.07) is 3.23. The maximum Gasteiger partial charge on any atom is 0.389 e. The molecule has 0 fully saturated rings. The number of primary amides is 1. The van der Waals surface area contributed by atoms with E-state index in [0.29, 0.717) is 0 Å². The van der Waals surface area contributed by atoms with Crippen molar-refractivity contribution in [3.05, 3.63) is 29.6 Å². The van der Waals surface area contributed by atoms with Crippen LogP contribution in [0.3, 0.4) is 0 Å². The molecule has 20 heavy (non-hydrogen) atoms. The van der Waals surface area contributed by atoms with Crippen LogP contribution in [0.2, 0.25) is 0 Å². The molecule has 7 heteroatoms. The molecular weight excluding hydrogens is 276 g/mol. The van der Waals surface area contributed by atoms with Crippen LogP contribution in [-0.4, -0.2) is 18.1 Å². The molecule has 3 nitrogen and oxygen atoms in total. The minimum Gasteiger partial charge on any atom is -0.380 e. The van der Waals surface area contributed by atoms with Crippen LogP contribution in [0, 0.1) is 5.82 Å². The average Bonchev–Trinajstić information content (AvgIpc) is 2.30. The topological polar surface area (TPSA) is 55.1 Å². The van der Waals surface area contributed by atoms with Crippen molar-refractivity contribution in [3.8, 4) is 0 Å². The highest BCUT2D eigenvalue weighted by molar-refractivity contribution is 5.93. The molecule has 0 aromatic heterocycles. The zero-order valence-corrected chi connectivity index (χ0v) is 10.9. The molecule has 1 aromatic rings. The van der Waals surface area contributed by atoms with E-state index < -0.39 is 24.3 Å². The van der Waals surface area contributed by atoms with Gasteiger partial charge in [-0.2, -0.15) is 13.2 Å². The standard InChI is InChI=1S/C13H16F4N2O/c1-8(3-2-6-13(15,16)17)19-11-7-9(12(18)20)4-5-10(11)14/h4-5,7-8,19H,2-3,6H2,1H3,(H2,18,20). The second-order valence-electron chi connectivity index (χ2n) is 4.61. The van der Waals surface area contributed by atoms with Crippen molar-refractivity contribution in [2.45, 2.75) is 38.4 Å². The van der Waals surface area contributed by atoms with E-state index in [1.165, 1.54) is 12.1 Å². The summed E-state index contributed by atoms with van der Waals surface area (Å²) >= 11 is 0. The molecule has 3 N–H and O–H groups in total. The van der Waals surface area contributed by atoms with Crippen LogP contribution >= 0.6 is 0 Å². The van der Waals surface area contributed by atoms with Gasteiger partial charge in [-0.3, -0.25) is 4.79 Å². The first-order chi connectivity index (χ1) is 9.19. The normalized spacial score (nSPS) is 13.1. The van der Waals surface area contributed by atoms with Crippen molar-refractivity contribution in [1.29, 1.82) is 0 Å². The monoisotopic (exact) mass is 292 g/mol. The van der Waals surface area contributed by atoms with E-state index in [1.54, 1.807) is 6.92 Å². The lowest BCUT2D eigenvalue weighted by atomic mass is 10.1. The van der Waals surface area contributed by atoms with Gasteiger partial charge in [-0.15, -0.1) is 0 Å². The Morgan fingerprint density at radius 3 is 2.60 bits per heavy atom. The number of alkyl halides is 3. The number of rotatable bonds is 6. The van der Waals surface area contributed by atoms with Crippen molar-refractivity contribution in [3.63, 3.8) is 0 Å². The molecular formula is C13H16F4N2O. The van der Waals surface area contributed by atoms with Gasteiger partial charge in [-0.25, -0.2) is 4.39 Å². The molecule has 0 saturated heterocycles. The highest BCUT2D eigenvalue weighted by Gasteiger charge is 2.26. The molecule has 0 heterocycles. The third kappa shape index (κ3) is 5.46. The fourth-order valence-electron chi connectivity index (χ4n) is 1.74. The molecule has 1 aromatic carbocycles. The van der Waals surface area contributed by atoms with Crippen molar-refractivity contribution in [1.82, 2.24) is 0 Å². The lowest BCUT2D eigenvalue weighted by molar-refractivity contribution is -0.135. The number of hydrogen-bond donors (Lipinski definition) is 2. The van der Waals surface area contributed by atoms with Crippen LogP contribution < -0.4 is 11.1 Å². The highest BCUT2D eigenvalue weighted by atomic mass is 19.4. The molecule has 1 unspecified atom stereocenters. The summed E-state index contributed by atoms with van der Waals surface area (Å²) in [4.78, 5) is 11.0. The quantitative estimate of drug-likeness (QED) is 0.789. The average molecular weight is 292 g/mol. The molecule has 1 atom stereocenters. The Hall–Kier alpha value is -1.79. The van der Waals surface area contributed by atoms with Gasteiger partial charge in [0.25, 0.3) is 0 Å². The largest absolute Gasteiger partial charge is 0.389 e. The van der Waals surface area contributed by atoms with Crippen LogP contribution in [0.15, 0.2) is 18.2 Å². The Bertz CT molecular complexity index is 474. The van der Waals surface area contributed by atoms with Crippen LogP contribution in [0.5, 0.6) is 0 Å². The summed E-state index contributed by atoms with van der Waals surface area (Å²) in [6.45, 7) is 1.65. The molecule has 0 bridgehead atoms. The SMILES string of the molecule is CC(CCCC(F)(F)F)Nc1cc(C(N)=O)ccc1F. The summed E-state index contributed by atoms with van der Waals surface area (Å²) in [6.07, 6.45) is -4.87. The fourth-order valence-corrected chi connectivity index (χ4v) is 1.74. The molecule has 0 aliphatic carbocycles. The minimum absolute atomic E-state index is 0.0468. The van der Waals surface area contributed by atoms with E-state index in [-0.39, 0.29) is 30.1 Å². The number of hydrogen-bond acceptors (Lipinski definition) is 2. The van der Waals surface area contributed by atoms with Gasteiger partial charge in [-0.05, 0) is 38.0 Å². The van der Waals surface area contributed by atoms with Gasteiger partial charge < -0.3 is 11.1 Å². The molecule has 1 amide bonds. The van der Waals surface area contributed by atoms with E-state index in [9.17, 15) is 22.4 Å². The maximum atomic E-state index is 13.5. The number of benzene rings is 1. The highest BCUT2D eigenvalue weighted by Crippen LogP contribution is 2.24. The summed E-state index contributed by atoms with van der Waals surface area (Å²) < 4.78 is 49.5. The first-order valence-corrected chi connectivity index (χ1v) is 6.11. The number of carbonyl (C=O) groups is 1. The molecule has 112 valence electrons. The first-order valence-electron chi connectivity index (χ1n) is 6.11. The van der Waals surface area contributed by atoms with Gasteiger partial charge in [0.1, 0.15) is 5.82 Å². The van der Waals surface area contributed by atoms with E-state index in [1.807, 2.05) is 0 Å². The van der Waals surface area contributed by atoms with Crippen LogP contribution in [0.1, 0.15) is 36.5 Å². The zero-order valence-electron chi connectivity index (χ0n) is 10.9. The summed E-state index contributed by atoms with van der Waals surface area (Å²) in [5.41, 5.74) is 5.27. The van der Waals surface area contributed by atoms with Crippen molar-refractivity contribution >= 4 is 11.6 Å². The second kappa shape index (κ2) is 6.58. The van der Waals surface area contributed by atoms with Gasteiger partial charge in [-0.1, -0.05) is 0 Å². The zero-order chi connectivity index (χ0) is 15.3. The van der Waals surface area contributed by atoms with Gasteiger partial charge in [0.2, 0.25) is 5.91 Å².